The van der Waals surface area contributed by atoms with Crippen molar-refractivity contribution in [1.82, 2.24) is 19.3 Å². The molecular formula is C19H20BrF2N5O3S2Si. The van der Waals surface area contributed by atoms with E-state index in [4.69, 9.17) is 9.72 Å². The van der Waals surface area contributed by atoms with Crippen LogP contribution in [0.2, 0.25) is 19.6 Å². The number of alkyl halides is 2. The molecule has 4 rings (SSSR count). The van der Waals surface area contributed by atoms with Crippen molar-refractivity contribution >= 4 is 77.8 Å². The first-order valence-corrected chi connectivity index (χ1v) is 16.3. The van der Waals surface area contributed by atoms with Crippen LogP contribution in [0.1, 0.15) is 5.56 Å². The molecule has 0 saturated carbocycles. The number of aromatic nitrogens is 4. The zero-order chi connectivity index (χ0) is 24.1. The molecule has 14 heteroatoms. The number of halogens is 3. The maximum absolute atomic E-state index is 13.6. The SMILES string of the molecule is COc1nc(NS(=O)(=O)c2c([Si](C)(C)C)nc3c2cc(Br)c2s[nH]cc23)ncc1CC(F)F. The number of methoxy groups -OCH3 is 1. The molecule has 0 aliphatic rings. The van der Waals surface area contributed by atoms with Gasteiger partial charge in [0.15, 0.2) is 0 Å². The van der Waals surface area contributed by atoms with E-state index in [1.165, 1.54) is 18.6 Å². The van der Waals surface area contributed by atoms with Gasteiger partial charge in [0.25, 0.3) is 10.0 Å². The topological polar surface area (TPSA) is 110 Å². The zero-order valence-electron chi connectivity index (χ0n) is 18.0. The van der Waals surface area contributed by atoms with E-state index in [0.717, 1.165) is 20.8 Å². The lowest BCUT2D eigenvalue weighted by molar-refractivity contribution is 0.147. The van der Waals surface area contributed by atoms with Gasteiger partial charge in [-0.15, -0.1) is 0 Å². The van der Waals surface area contributed by atoms with E-state index in [-0.39, 0.29) is 22.3 Å². The summed E-state index contributed by atoms with van der Waals surface area (Å²) in [4.78, 5) is 12.8. The number of sulfonamides is 1. The van der Waals surface area contributed by atoms with Crippen LogP contribution < -0.4 is 14.8 Å². The van der Waals surface area contributed by atoms with Gasteiger partial charge in [-0.05, 0) is 22.0 Å². The van der Waals surface area contributed by atoms with E-state index in [1.807, 2.05) is 19.6 Å². The van der Waals surface area contributed by atoms with Crippen LogP contribution in [-0.2, 0) is 16.4 Å². The summed E-state index contributed by atoms with van der Waals surface area (Å²) >= 11 is 4.95. The van der Waals surface area contributed by atoms with Crippen LogP contribution in [0.4, 0.5) is 14.7 Å². The van der Waals surface area contributed by atoms with Gasteiger partial charge in [-0.1, -0.05) is 31.2 Å². The summed E-state index contributed by atoms with van der Waals surface area (Å²) in [5.41, 5.74) is 0.674. The molecule has 4 aromatic rings. The second-order valence-corrected chi connectivity index (χ2v) is 16.6. The smallest absolute Gasteiger partial charge is 0.266 e. The summed E-state index contributed by atoms with van der Waals surface area (Å²) in [6, 6.07) is 1.75. The standard InChI is InChI=1S/C19H20BrF2N5O3S2Si/c1-30-17-9(5-13(21)22)7-23-19(26-17)27-32(28,29)16-10-6-12(20)15-11(8-24-31-15)14(10)25-18(16)33(2,3)4/h6-8,13,24H,5H2,1-4H3,(H,23,26,27). The fraction of sp³-hybridized carbons (Fsp3) is 0.316. The Morgan fingerprint density at radius 3 is 2.64 bits per heavy atom. The summed E-state index contributed by atoms with van der Waals surface area (Å²) in [6.07, 6.45) is -0.281. The molecule has 0 bridgehead atoms. The Morgan fingerprint density at radius 1 is 1.27 bits per heavy atom. The molecule has 0 aliphatic heterocycles. The number of anilines is 1. The molecular weight excluding hydrogens is 556 g/mol. The van der Waals surface area contributed by atoms with Gasteiger partial charge in [0.1, 0.15) is 13.0 Å². The number of ether oxygens (including phenoxy) is 1. The molecule has 0 radical (unpaired) electrons. The average molecular weight is 577 g/mol. The maximum atomic E-state index is 13.6. The number of aromatic amines is 1. The van der Waals surface area contributed by atoms with Gasteiger partial charge in [-0.2, -0.15) is 4.98 Å². The lowest BCUT2D eigenvalue weighted by Gasteiger charge is -2.17. The van der Waals surface area contributed by atoms with Crippen molar-refractivity contribution < 1.29 is 21.9 Å². The molecule has 3 aromatic heterocycles. The molecule has 0 saturated heterocycles. The third-order valence-electron chi connectivity index (χ3n) is 4.89. The second kappa shape index (κ2) is 8.56. The van der Waals surface area contributed by atoms with E-state index in [1.54, 1.807) is 12.3 Å². The summed E-state index contributed by atoms with van der Waals surface area (Å²) in [5, 5.41) is 1.82. The fourth-order valence-electron chi connectivity index (χ4n) is 3.49. The first-order chi connectivity index (χ1) is 15.4. The quantitative estimate of drug-likeness (QED) is 0.314. The van der Waals surface area contributed by atoms with E-state index < -0.39 is 30.9 Å². The van der Waals surface area contributed by atoms with Crippen LogP contribution in [0.25, 0.3) is 21.0 Å². The third-order valence-corrected chi connectivity index (χ3v) is 10.0. The van der Waals surface area contributed by atoms with Crippen molar-refractivity contribution in [3.63, 3.8) is 0 Å². The van der Waals surface area contributed by atoms with Crippen LogP contribution >= 0.6 is 27.5 Å². The minimum Gasteiger partial charge on any atom is -0.481 e. The van der Waals surface area contributed by atoms with Crippen molar-refractivity contribution in [3.8, 4) is 5.88 Å². The van der Waals surface area contributed by atoms with E-state index in [0.29, 0.717) is 16.2 Å². The van der Waals surface area contributed by atoms with Crippen LogP contribution in [0.15, 0.2) is 27.8 Å². The molecule has 0 spiro atoms. The van der Waals surface area contributed by atoms with Gasteiger partial charge in [0.2, 0.25) is 18.3 Å². The monoisotopic (exact) mass is 575 g/mol. The Labute approximate surface area is 202 Å². The van der Waals surface area contributed by atoms with Crippen LogP contribution in [0.5, 0.6) is 5.88 Å². The molecule has 0 unspecified atom stereocenters. The molecule has 0 aliphatic carbocycles. The minimum atomic E-state index is -4.17. The van der Waals surface area contributed by atoms with Gasteiger partial charge in [-0.3, -0.25) is 4.98 Å². The Balaban J connectivity index is 1.88. The van der Waals surface area contributed by atoms with Gasteiger partial charge >= 0.3 is 0 Å². The predicted octanol–water partition coefficient (Wildman–Crippen LogP) is 4.49. The van der Waals surface area contributed by atoms with E-state index in [2.05, 4.69) is 35.0 Å². The number of rotatable bonds is 7. The second-order valence-electron chi connectivity index (χ2n) is 8.33. The lowest BCUT2D eigenvalue weighted by Crippen LogP contribution is -2.42. The van der Waals surface area contributed by atoms with Crippen molar-refractivity contribution in [2.24, 2.45) is 0 Å². The summed E-state index contributed by atoms with van der Waals surface area (Å²) in [6.45, 7) is 6.04. The number of nitrogens with zero attached hydrogens (tertiary/aromatic N) is 3. The molecule has 3 heterocycles. The summed E-state index contributed by atoms with van der Waals surface area (Å²) in [5.74, 6) is -0.387. The average Bonchev–Trinajstić information content (AvgIpc) is 3.33. The highest BCUT2D eigenvalue weighted by molar-refractivity contribution is 9.10. The van der Waals surface area contributed by atoms with Crippen molar-refractivity contribution in [3.05, 3.63) is 28.5 Å². The van der Waals surface area contributed by atoms with Crippen LogP contribution in [-0.4, -0.2) is 49.4 Å². The normalized spacial score (nSPS) is 12.7. The van der Waals surface area contributed by atoms with E-state index in [9.17, 15) is 17.2 Å². The summed E-state index contributed by atoms with van der Waals surface area (Å²) < 4.78 is 65.0. The van der Waals surface area contributed by atoms with Crippen molar-refractivity contribution in [2.45, 2.75) is 37.4 Å². The highest BCUT2D eigenvalue weighted by Gasteiger charge is 2.34. The molecule has 0 fully saturated rings. The number of hydrogen-bond acceptors (Lipinski definition) is 7. The number of nitrogens with one attached hydrogen (secondary N) is 2. The predicted molar refractivity (Wildman–Crippen MR) is 131 cm³/mol. The maximum Gasteiger partial charge on any atom is 0.266 e. The lowest BCUT2D eigenvalue weighted by atomic mass is 10.2. The highest BCUT2D eigenvalue weighted by atomic mass is 79.9. The number of hydrogen-bond donors (Lipinski definition) is 2. The Kier molecular flexibility index (Phi) is 6.22. The number of benzene rings is 1. The Bertz CT molecular complexity index is 1470. The number of H-pyrrole nitrogens is 1. The molecule has 176 valence electrons. The largest absolute Gasteiger partial charge is 0.481 e. The Hall–Kier alpha value is -2.16. The van der Waals surface area contributed by atoms with Crippen molar-refractivity contribution in [1.29, 1.82) is 0 Å². The summed E-state index contributed by atoms with van der Waals surface area (Å²) in [7, 11) is -5.12. The molecule has 2 N–H and O–H groups in total. The molecule has 8 nitrogen and oxygen atoms in total. The molecule has 0 amide bonds. The first-order valence-electron chi connectivity index (χ1n) is 9.72. The zero-order valence-corrected chi connectivity index (χ0v) is 22.3. The van der Waals surface area contributed by atoms with Gasteiger partial charge in [0, 0.05) is 44.9 Å². The molecule has 1 aromatic carbocycles. The van der Waals surface area contributed by atoms with Gasteiger partial charge < -0.3 is 9.11 Å². The minimum absolute atomic E-state index is 0.0738. The van der Waals surface area contributed by atoms with E-state index >= 15 is 0 Å². The first kappa shape index (κ1) is 24.0. The van der Waals surface area contributed by atoms with Gasteiger partial charge in [0.05, 0.1) is 17.3 Å². The van der Waals surface area contributed by atoms with Crippen LogP contribution in [0.3, 0.4) is 0 Å². The molecule has 0 atom stereocenters. The van der Waals surface area contributed by atoms with Crippen LogP contribution in [0, 0.1) is 0 Å². The molecule has 33 heavy (non-hydrogen) atoms. The van der Waals surface area contributed by atoms with Crippen molar-refractivity contribution in [2.75, 3.05) is 11.8 Å². The third kappa shape index (κ3) is 4.48. The number of fused-ring (bicyclic) bond motifs is 3. The van der Waals surface area contributed by atoms with Gasteiger partial charge in [-0.25, -0.2) is 26.9 Å². The fourth-order valence-corrected chi connectivity index (χ4v) is 8.66. The highest BCUT2D eigenvalue weighted by Crippen LogP contribution is 2.37. The Morgan fingerprint density at radius 2 is 2.00 bits per heavy atom.